The van der Waals surface area contributed by atoms with Gasteiger partial charge in [0.05, 0.1) is 13.2 Å². The van der Waals surface area contributed by atoms with Crippen LogP contribution in [0.3, 0.4) is 0 Å². The molecule has 20 heavy (non-hydrogen) atoms. The first-order valence-corrected chi connectivity index (χ1v) is 6.82. The molecule has 1 fully saturated rings. The van der Waals surface area contributed by atoms with E-state index in [9.17, 15) is 0 Å². The van der Waals surface area contributed by atoms with Gasteiger partial charge in [-0.1, -0.05) is 24.3 Å². The van der Waals surface area contributed by atoms with Gasteiger partial charge < -0.3 is 15.2 Å². The first-order chi connectivity index (χ1) is 9.75. The smallest absolute Gasteiger partial charge is 0.127 e. The zero-order chi connectivity index (χ0) is 13.9. The zero-order valence-electron chi connectivity index (χ0n) is 11.3. The van der Waals surface area contributed by atoms with Gasteiger partial charge in [-0.05, 0) is 23.9 Å². The Hall–Kier alpha value is -2.07. The van der Waals surface area contributed by atoms with Crippen molar-refractivity contribution in [2.45, 2.75) is 6.42 Å². The van der Waals surface area contributed by atoms with E-state index in [1.165, 1.54) is 0 Å². The van der Waals surface area contributed by atoms with E-state index in [1.807, 2.05) is 36.4 Å². The largest absolute Gasteiger partial charge is 0.493 e. The van der Waals surface area contributed by atoms with Crippen LogP contribution < -0.4 is 10.5 Å². The molecular formula is C16H18N2O2. The lowest BCUT2D eigenvalue weighted by molar-refractivity contribution is 0.167. The van der Waals surface area contributed by atoms with Crippen LogP contribution in [0.4, 0.5) is 0 Å². The second-order valence-electron chi connectivity index (χ2n) is 5.11. The van der Waals surface area contributed by atoms with Crippen molar-refractivity contribution in [3.05, 3.63) is 42.0 Å². The lowest BCUT2D eigenvalue weighted by Crippen LogP contribution is -2.13. The topological polar surface area (TPSA) is 68.3 Å². The summed E-state index contributed by atoms with van der Waals surface area (Å²) in [5.74, 6) is 1.40. The van der Waals surface area contributed by atoms with Crippen LogP contribution in [-0.2, 0) is 4.74 Å². The molecule has 3 rings (SSSR count). The molecule has 0 spiro atoms. The lowest BCUT2D eigenvalue weighted by atomic mass is 10.0. The molecule has 3 N–H and O–H groups in total. The Labute approximate surface area is 118 Å². The Kier molecular flexibility index (Phi) is 3.56. The maximum absolute atomic E-state index is 7.65. The average molecular weight is 270 g/mol. The first kappa shape index (κ1) is 12.9. The van der Waals surface area contributed by atoms with Gasteiger partial charge in [-0.3, -0.25) is 5.41 Å². The monoisotopic (exact) mass is 270 g/mol. The van der Waals surface area contributed by atoms with E-state index in [4.69, 9.17) is 20.6 Å². The lowest BCUT2D eigenvalue weighted by Gasteiger charge is -2.14. The van der Waals surface area contributed by atoms with E-state index in [-0.39, 0.29) is 5.84 Å². The maximum Gasteiger partial charge on any atom is 0.127 e. The number of nitrogen functional groups attached to an aromatic ring is 1. The summed E-state index contributed by atoms with van der Waals surface area (Å²) < 4.78 is 11.3. The number of nitrogens with one attached hydrogen (secondary N) is 1. The molecular weight excluding hydrogens is 252 g/mol. The van der Waals surface area contributed by atoms with Crippen molar-refractivity contribution in [2.75, 3.05) is 19.8 Å². The molecule has 0 bridgehead atoms. The van der Waals surface area contributed by atoms with E-state index >= 15 is 0 Å². The molecule has 1 saturated heterocycles. The number of fused-ring (bicyclic) bond motifs is 1. The van der Waals surface area contributed by atoms with Crippen LogP contribution in [0.25, 0.3) is 10.8 Å². The molecule has 1 aliphatic heterocycles. The highest BCUT2D eigenvalue weighted by molar-refractivity contribution is 6.09. The fourth-order valence-corrected chi connectivity index (χ4v) is 2.55. The maximum atomic E-state index is 7.65. The van der Waals surface area contributed by atoms with Crippen molar-refractivity contribution in [2.24, 2.45) is 11.7 Å². The molecule has 2 aromatic carbocycles. The number of ether oxygens (including phenoxy) is 2. The van der Waals surface area contributed by atoms with Crippen molar-refractivity contribution in [1.82, 2.24) is 0 Å². The van der Waals surface area contributed by atoms with E-state index in [2.05, 4.69) is 0 Å². The highest BCUT2D eigenvalue weighted by Crippen LogP contribution is 2.29. The molecule has 1 atom stereocenters. The van der Waals surface area contributed by atoms with Crippen LogP contribution in [0, 0.1) is 11.3 Å². The van der Waals surface area contributed by atoms with Crippen molar-refractivity contribution in [3.63, 3.8) is 0 Å². The van der Waals surface area contributed by atoms with Crippen molar-refractivity contribution < 1.29 is 9.47 Å². The number of hydrogen-bond acceptors (Lipinski definition) is 3. The highest BCUT2D eigenvalue weighted by atomic mass is 16.5. The number of amidine groups is 1. The number of benzene rings is 2. The minimum atomic E-state index is 0.0805. The molecule has 1 heterocycles. The van der Waals surface area contributed by atoms with E-state index in [0.29, 0.717) is 12.5 Å². The van der Waals surface area contributed by atoms with E-state index < -0.39 is 0 Å². The van der Waals surface area contributed by atoms with Gasteiger partial charge in [-0.15, -0.1) is 0 Å². The second-order valence-corrected chi connectivity index (χ2v) is 5.11. The SMILES string of the molecule is N=C(N)c1ccc(OCC2CCOC2)c2ccccc12. The molecule has 4 heteroatoms. The molecule has 0 saturated carbocycles. The van der Waals surface area contributed by atoms with Crippen LogP contribution in [0.15, 0.2) is 36.4 Å². The minimum absolute atomic E-state index is 0.0805. The van der Waals surface area contributed by atoms with Gasteiger partial charge >= 0.3 is 0 Å². The number of hydrogen-bond donors (Lipinski definition) is 2. The first-order valence-electron chi connectivity index (χ1n) is 6.82. The third-order valence-corrected chi connectivity index (χ3v) is 3.67. The third kappa shape index (κ3) is 2.47. The van der Waals surface area contributed by atoms with Crippen LogP contribution in [0.2, 0.25) is 0 Å². The molecule has 2 aromatic rings. The van der Waals surface area contributed by atoms with Crippen LogP contribution in [-0.4, -0.2) is 25.7 Å². The molecule has 1 aliphatic rings. The van der Waals surface area contributed by atoms with Crippen molar-refractivity contribution in [3.8, 4) is 5.75 Å². The van der Waals surface area contributed by atoms with Gasteiger partial charge in [-0.2, -0.15) is 0 Å². The second kappa shape index (κ2) is 5.51. The summed E-state index contributed by atoms with van der Waals surface area (Å²) in [5, 5.41) is 9.60. The van der Waals surface area contributed by atoms with Gasteiger partial charge in [0, 0.05) is 23.5 Å². The Morgan fingerprint density at radius 1 is 1.25 bits per heavy atom. The third-order valence-electron chi connectivity index (χ3n) is 3.67. The predicted octanol–water partition coefficient (Wildman–Crippen LogP) is 2.54. The van der Waals surface area contributed by atoms with E-state index in [0.717, 1.165) is 41.7 Å². The van der Waals surface area contributed by atoms with Gasteiger partial charge in [0.15, 0.2) is 0 Å². The van der Waals surface area contributed by atoms with Gasteiger partial charge in [0.2, 0.25) is 0 Å². The predicted molar refractivity (Wildman–Crippen MR) is 79.4 cm³/mol. The molecule has 104 valence electrons. The molecule has 0 aromatic heterocycles. The molecule has 4 nitrogen and oxygen atoms in total. The summed E-state index contributed by atoms with van der Waals surface area (Å²) in [4.78, 5) is 0. The summed E-state index contributed by atoms with van der Waals surface area (Å²) in [5.41, 5.74) is 6.38. The van der Waals surface area contributed by atoms with E-state index in [1.54, 1.807) is 0 Å². The van der Waals surface area contributed by atoms with Gasteiger partial charge in [-0.25, -0.2) is 0 Å². The summed E-state index contributed by atoms with van der Waals surface area (Å²) in [6.45, 7) is 2.28. The highest BCUT2D eigenvalue weighted by Gasteiger charge is 2.17. The zero-order valence-corrected chi connectivity index (χ0v) is 11.3. The van der Waals surface area contributed by atoms with Crippen LogP contribution >= 0.6 is 0 Å². The fourth-order valence-electron chi connectivity index (χ4n) is 2.55. The number of rotatable bonds is 4. The Bertz CT molecular complexity index is 633. The normalized spacial score (nSPS) is 18.3. The Morgan fingerprint density at radius 2 is 2.05 bits per heavy atom. The molecule has 0 radical (unpaired) electrons. The summed E-state index contributed by atoms with van der Waals surface area (Å²) >= 11 is 0. The molecule has 1 unspecified atom stereocenters. The standard InChI is InChI=1S/C16H18N2O2/c17-16(18)14-5-6-15(13-4-2-1-3-12(13)14)20-10-11-7-8-19-9-11/h1-6,11H,7-10H2,(H3,17,18). The summed E-state index contributed by atoms with van der Waals surface area (Å²) in [7, 11) is 0. The van der Waals surface area contributed by atoms with Crippen molar-refractivity contribution in [1.29, 1.82) is 5.41 Å². The molecule has 0 aliphatic carbocycles. The van der Waals surface area contributed by atoms with Gasteiger partial charge in [0.1, 0.15) is 11.6 Å². The Balaban J connectivity index is 1.91. The minimum Gasteiger partial charge on any atom is -0.493 e. The molecule has 0 amide bonds. The summed E-state index contributed by atoms with van der Waals surface area (Å²) in [6.07, 6.45) is 1.06. The quantitative estimate of drug-likeness (QED) is 0.662. The number of nitrogens with two attached hydrogens (primary N) is 1. The average Bonchev–Trinajstić information content (AvgIpc) is 2.97. The van der Waals surface area contributed by atoms with Crippen LogP contribution in [0.5, 0.6) is 5.75 Å². The van der Waals surface area contributed by atoms with Gasteiger partial charge in [0.25, 0.3) is 0 Å². The summed E-state index contributed by atoms with van der Waals surface area (Å²) in [6, 6.07) is 11.6. The fraction of sp³-hybridized carbons (Fsp3) is 0.312. The Morgan fingerprint density at radius 3 is 2.75 bits per heavy atom. The van der Waals surface area contributed by atoms with Crippen molar-refractivity contribution >= 4 is 16.6 Å². The van der Waals surface area contributed by atoms with Crippen LogP contribution in [0.1, 0.15) is 12.0 Å².